The Morgan fingerprint density at radius 2 is 2.04 bits per heavy atom. The molecule has 11 nitrogen and oxygen atoms in total. The standard InChI is InChI=1S/C30H26F3N7O4S/c31-14-7-30(3-1-6-40(30)10-14)13-44-28-36-24-21(26(37-28)39-4-2-5-39)17-12-43-11-16(17)19(22(24)33)23-20-15(8-34)27(38-29(41)42)45-25(20)18(32)9-35-23/h9,14,38H,1-7,10-13H2,(H,41,42)/t14-,30+/m1/s1. The third-order valence-corrected chi connectivity index (χ3v) is 10.5. The highest BCUT2D eigenvalue weighted by atomic mass is 32.1. The van der Waals surface area contributed by atoms with Gasteiger partial charge in [0, 0.05) is 37.0 Å². The van der Waals surface area contributed by atoms with E-state index < -0.39 is 29.4 Å². The van der Waals surface area contributed by atoms with Gasteiger partial charge in [-0.25, -0.2) is 18.0 Å². The number of ether oxygens (including phenoxy) is 2. The number of amides is 1. The van der Waals surface area contributed by atoms with Crippen molar-refractivity contribution in [2.45, 2.75) is 50.6 Å². The lowest BCUT2D eigenvalue weighted by atomic mass is 9.93. The molecule has 2 N–H and O–H groups in total. The van der Waals surface area contributed by atoms with Crippen molar-refractivity contribution in [2.75, 3.05) is 43.0 Å². The molecule has 4 aromatic rings. The van der Waals surface area contributed by atoms with E-state index in [2.05, 4.69) is 20.2 Å². The molecule has 4 aliphatic heterocycles. The number of nitrogens with zero attached hydrogens (tertiary/aromatic N) is 6. The van der Waals surface area contributed by atoms with E-state index in [-0.39, 0.29) is 63.3 Å². The molecule has 0 saturated carbocycles. The van der Waals surface area contributed by atoms with Crippen molar-refractivity contribution in [1.29, 1.82) is 5.26 Å². The van der Waals surface area contributed by atoms with Crippen molar-refractivity contribution in [3.05, 3.63) is 34.5 Å². The second-order valence-electron chi connectivity index (χ2n) is 11.9. The summed E-state index contributed by atoms with van der Waals surface area (Å²) >= 11 is 0.734. The highest BCUT2D eigenvalue weighted by molar-refractivity contribution is 7.23. The van der Waals surface area contributed by atoms with Crippen LogP contribution in [-0.4, -0.2) is 75.5 Å². The number of aromatic nitrogens is 3. The quantitative estimate of drug-likeness (QED) is 0.285. The fourth-order valence-electron chi connectivity index (χ4n) is 7.26. The summed E-state index contributed by atoms with van der Waals surface area (Å²) in [5.41, 5.74) is 0.447. The van der Waals surface area contributed by atoms with E-state index >= 15 is 8.78 Å². The molecule has 0 aliphatic carbocycles. The van der Waals surface area contributed by atoms with Crippen LogP contribution in [0.1, 0.15) is 42.4 Å². The third kappa shape index (κ3) is 4.30. The summed E-state index contributed by atoms with van der Waals surface area (Å²) < 4.78 is 58.4. The number of pyridine rings is 1. The number of nitrogens with one attached hydrogen (secondary N) is 1. The molecular weight excluding hydrogens is 611 g/mol. The fraction of sp³-hybridized carbons (Fsp3) is 0.433. The normalized spacial score (nSPS) is 22.4. The lowest BCUT2D eigenvalue weighted by Gasteiger charge is -2.34. The molecule has 232 valence electrons. The van der Waals surface area contributed by atoms with E-state index in [4.69, 9.17) is 14.5 Å². The first kappa shape index (κ1) is 28.2. The van der Waals surface area contributed by atoms with Crippen molar-refractivity contribution in [3.63, 3.8) is 0 Å². The summed E-state index contributed by atoms with van der Waals surface area (Å²) in [6.45, 7) is 2.93. The molecule has 4 aliphatic rings. The van der Waals surface area contributed by atoms with Crippen LogP contribution in [0.5, 0.6) is 6.01 Å². The molecule has 3 fully saturated rings. The van der Waals surface area contributed by atoms with Gasteiger partial charge in [-0.2, -0.15) is 15.2 Å². The Bertz CT molecular complexity index is 1960. The van der Waals surface area contributed by atoms with E-state index in [0.717, 1.165) is 43.3 Å². The van der Waals surface area contributed by atoms with Crippen LogP contribution < -0.4 is 15.0 Å². The minimum Gasteiger partial charge on any atom is -0.465 e. The van der Waals surface area contributed by atoms with Gasteiger partial charge in [0.1, 0.15) is 35.2 Å². The summed E-state index contributed by atoms with van der Waals surface area (Å²) in [5.74, 6) is -1.03. The molecule has 7 heterocycles. The third-order valence-electron chi connectivity index (χ3n) is 9.38. The fourth-order valence-corrected chi connectivity index (χ4v) is 8.30. The number of fused-ring (bicyclic) bond motifs is 5. The Hall–Kier alpha value is -4.26. The second kappa shape index (κ2) is 10.4. The predicted molar refractivity (Wildman–Crippen MR) is 158 cm³/mol. The summed E-state index contributed by atoms with van der Waals surface area (Å²) in [6, 6.07) is 1.91. The van der Waals surface area contributed by atoms with Crippen LogP contribution in [0.2, 0.25) is 0 Å². The van der Waals surface area contributed by atoms with Gasteiger partial charge in [-0.3, -0.25) is 15.2 Å². The number of rotatable bonds is 6. The minimum atomic E-state index is -1.43. The molecule has 3 saturated heterocycles. The number of thiophene rings is 1. The number of nitriles is 1. The SMILES string of the molecule is N#Cc1c(NC(=O)O)sc2c(F)cnc(-c3c4c(c5c(N6CCC6)nc(OC[C@@]67CCCN6C[C@H](F)C7)nc5c3F)COC4)c12. The molecule has 0 bridgehead atoms. The molecule has 2 atom stereocenters. The van der Waals surface area contributed by atoms with Gasteiger partial charge in [0.25, 0.3) is 0 Å². The number of carboxylic acid groups (broad SMARTS) is 1. The van der Waals surface area contributed by atoms with Crippen molar-refractivity contribution >= 4 is 49.2 Å². The zero-order valence-corrected chi connectivity index (χ0v) is 24.6. The van der Waals surface area contributed by atoms with Crippen LogP contribution in [0.25, 0.3) is 32.2 Å². The molecule has 0 unspecified atom stereocenters. The van der Waals surface area contributed by atoms with Crippen LogP contribution in [0.3, 0.4) is 0 Å². The monoisotopic (exact) mass is 637 g/mol. The van der Waals surface area contributed by atoms with Crippen LogP contribution in [-0.2, 0) is 18.0 Å². The Labute approximate surface area is 258 Å². The van der Waals surface area contributed by atoms with Crippen molar-refractivity contribution in [3.8, 4) is 23.3 Å². The average molecular weight is 638 g/mol. The van der Waals surface area contributed by atoms with Gasteiger partial charge in [0.05, 0.1) is 46.3 Å². The second-order valence-corrected chi connectivity index (χ2v) is 12.9. The number of anilines is 2. The summed E-state index contributed by atoms with van der Waals surface area (Å²) in [6.07, 6.45) is 1.59. The first-order chi connectivity index (χ1) is 21.8. The minimum absolute atomic E-state index is 0.00506. The smallest absolute Gasteiger partial charge is 0.409 e. The maximum Gasteiger partial charge on any atom is 0.409 e. The molecule has 15 heteroatoms. The topological polar surface area (TPSA) is 137 Å². The molecule has 0 radical (unpaired) electrons. The lowest BCUT2D eigenvalue weighted by molar-refractivity contribution is 0.107. The Morgan fingerprint density at radius 1 is 1.22 bits per heavy atom. The van der Waals surface area contributed by atoms with E-state index in [1.807, 2.05) is 11.0 Å². The van der Waals surface area contributed by atoms with Gasteiger partial charge in [-0.1, -0.05) is 0 Å². The van der Waals surface area contributed by atoms with Crippen LogP contribution >= 0.6 is 11.3 Å². The first-order valence-electron chi connectivity index (χ1n) is 14.7. The molecule has 8 rings (SSSR count). The van der Waals surface area contributed by atoms with Gasteiger partial charge in [0.15, 0.2) is 11.6 Å². The summed E-state index contributed by atoms with van der Waals surface area (Å²) in [4.78, 5) is 29.1. The Balaban J connectivity index is 1.33. The van der Waals surface area contributed by atoms with Crippen LogP contribution in [0.15, 0.2) is 6.20 Å². The number of hydrogen-bond donors (Lipinski definition) is 2. The highest BCUT2D eigenvalue weighted by Gasteiger charge is 2.49. The number of halogens is 3. The van der Waals surface area contributed by atoms with Crippen molar-refractivity contribution in [2.24, 2.45) is 0 Å². The summed E-state index contributed by atoms with van der Waals surface area (Å²) in [5, 5.41) is 21.8. The molecular formula is C30H26F3N7O4S. The molecule has 1 amide bonds. The van der Waals surface area contributed by atoms with Gasteiger partial charge in [-0.15, -0.1) is 11.3 Å². The number of benzene rings is 1. The largest absolute Gasteiger partial charge is 0.465 e. The van der Waals surface area contributed by atoms with Crippen LogP contribution in [0, 0.1) is 23.0 Å². The molecule has 45 heavy (non-hydrogen) atoms. The molecule has 0 spiro atoms. The predicted octanol–water partition coefficient (Wildman–Crippen LogP) is 5.34. The van der Waals surface area contributed by atoms with Crippen molar-refractivity contribution in [1.82, 2.24) is 19.9 Å². The summed E-state index contributed by atoms with van der Waals surface area (Å²) in [7, 11) is 0. The van der Waals surface area contributed by atoms with Crippen LogP contribution in [0.4, 0.5) is 28.8 Å². The molecule has 1 aromatic carbocycles. The molecule has 3 aromatic heterocycles. The Kier molecular flexibility index (Phi) is 6.52. The number of alkyl halides is 1. The lowest BCUT2D eigenvalue weighted by Crippen LogP contribution is -2.43. The highest BCUT2D eigenvalue weighted by Crippen LogP contribution is 2.48. The van der Waals surface area contributed by atoms with E-state index in [1.165, 1.54) is 0 Å². The van der Waals surface area contributed by atoms with Crippen molar-refractivity contribution < 1.29 is 32.5 Å². The van der Waals surface area contributed by atoms with E-state index in [9.17, 15) is 19.6 Å². The first-order valence-corrected chi connectivity index (χ1v) is 15.5. The Morgan fingerprint density at radius 3 is 2.80 bits per heavy atom. The van der Waals surface area contributed by atoms with Gasteiger partial charge in [0.2, 0.25) is 0 Å². The number of carbonyl (C=O) groups is 1. The van der Waals surface area contributed by atoms with Gasteiger partial charge in [-0.05, 0) is 36.9 Å². The maximum atomic E-state index is 17.0. The van der Waals surface area contributed by atoms with Gasteiger partial charge >= 0.3 is 12.1 Å². The zero-order chi connectivity index (χ0) is 31.0. The van der Waals surface area contributed by atoms with E-state index in [1.54, 1.807) is 0 Å². The maximum absolute atomic E-state index is 17.0. The average Bonchev–Trinajstić information content (AvgIpc) is 3.74. The zero-order valence-electron chi connectivity index (χ0n) is 23.8. The van der Waals surface area contributed by atoms with Gasteiger partial charge < -0.3 is 19.5 Å². The van der Waals surface area contributed by atoms with E-state index in [0.29, 0.717) is 48.4 Å². The number of hydrogen-bond acceptors (Lipinski definition) is 10.